The van der Waals surface area contributed by atoms with Crippen molar-refractivity contribution in [1.82, 2.24) is 5.32 Å². The molecule has 0 aromatic heterocycles. The summed E-state index contributed by atoms with van der Waals surface area (Å²) >= 11 is 0. The van der Waals surface area contributed by atoms with E-state index in [4.69, 9.17) is 4.74 Å². The Labute approximate surface area is 402 Å². The molecule has 6 heteroatoms. The number of aliphatic hydroxyl groups excluding tert-OH is 2. The number of esters is 1. The van der Waals surface area contributed by atoms with Gasteiger partial charge < -0.3 is 20.3 Å². The molecule has 3 unspecified atom stereocenters. The number of hydrogen-bond acceptors (Lipinski definition) is 5. The Morgan fingerprint density at radius 1 is 0.477 bits per heavy atom. The average Bonchev–Trinajstić information content (AvgIpc) is 3.30. The maximum Gasteiger partial charge on any atom is 0.306 e. The van der Waals surface area contributed by atoms with Gasteiger partial charge in [-0.05, 0) is 70.6 Å². The summed E-state index contributed by atoms with van der Waals surface area (Å²) in [4.78, 5) is 26.2. The minimum Gasteiger partial charge on any atom is -0.461 e. The van der Waals surface area contributed by atoms with E-state index in [-0.39, 0.29) is 24.9 Å². The minimum absolute atomic E-state index is 0.00262. The predicted molar refractivity (Wildman–Crippen MR) is 282 cm³/mol. The molecule has 3 N–H and O–H groups in total. The van der Waals surface area contributed by atoms with Crippen LogP contribution in [0.2, 0.25) is 0 Å². The van der Waals surface area contributed by atoms with Gasteiger partial charge in [-0.2, -0.15) is 0 Å². The van der Waals surface area contributed by atoms with Crippen LogP contribution in [0.5, 0.6) is 0 Å². The molecule has 1 amide bonds. The average molecular weight is 908 g/mol. The fourth-order valence-corrected chi connectivity index (χ4v) is 8.10. The van der Waals surface area contributed by atoms with Crippen molar-refractivity contribution in [1.29, 1.82) is 0 Å². The number of carbonyl (C=O) groups excluding carboxylic acids is 2. The molecule has 0 fully saturated rings. The highest BCUT2D eigenvalue weighted by Gasteiger charge is 2.23. The van der Waals surface area contributed by atoms with Gasteiger partial charge in [0, 0.05) is 12.8 Å². The third kappa shape index (κ3) is 47.6. The smallest absolute Gasteiger partial charge is 0.306 e. The molecule has 376 valence electrons. The second-order valence-electron chi connectivity index (χ2n) is 18.6. The van der Waals surface area contributed by atoms with Crippen LogP contribution in [0.15, 0.2) is 72.9 Å². The van der Waals surface area contributed by atoms with Crippen molar-refractivity contribution < 1.29 is 24.5 Å². The molecule has 0 rings (SSSR count). The Balaban J connectivity index is 4.66. The molecule has 3 atom stereocenters. The van der Waals surface area contributed by atoms with Gasteiger partial charge in [0.25, 0.3) is 0 Å². The molecule has 65 heavy (non-hydrogen) atoms. The summed E-state index contributed by atoms with van der Waals surface area (Å²) in [6.07, 6.45) is 67.0. The third-order valence-electron chi connectivity index (χ3n) is 12.3. The number of amides is 1. The summed E-state index contributed by atoms with van der Waals surface area (Å²) in [6.45, 7) is 6.35. The minimum atomic E-state index is -0.814. The van der Waals surface area contributed by atoms with Gasteiger partial charge in [-0.25, -0.2) is 0 Å². The van der Waals surface area contributed by atoms with Gasteiger partial charge >= 0.3 is 5.97 Å². The summed E-state index contributed by atoms with van der Waals surface area (Å²) < 4.78 is 5.88. The summed E-state index contributed by atoms with van der Waals surface area (Å²) in [5.41, 5.74) is 0. The lowest BCUT2D eigenvalue weighted by atomic mass is 10.0. The second kappa shape index (κ2) is 52.3. The summed E-state index contributed by atoms with van der Waals surface area (Å²) in [5, 5.41) is 23.8. The van der Waals surface area contributed by atoms with Crippen molar-refractivity contribution in [2.75, 3.05) is 6.61 Å². The lowest BCUT2D eigenvalue weighted by Crippen LogP contribution is -2.46. The van der Waals surface area contributed by atoms with Crippen LogP contribution in [0, 0.1) is 0 Å². The molecule has 6 nitrogen and oxygen atoms in total. The zero-order chi connectivity index (χ0) is 47.4. The Morgan fingerprint density at radius 3 is 1.29 bits per heavy atom. The molecule has 0 saturated carbocycles. The molecule has 0 spiro atoms. The molecule has 0 radical (unpaired) electrons. The number of carbonyl (C=O) groups is 2. The number of rotatable bonds is 49. The molecule has 0 aromatic rings. The van der Waals surface area contributed by atoms with Gasteiger partial charge in [0.1, 0.15) is 6.10 Å². The number of ether oxygens (including phenoxy) is 1. The highest BCUT2D eigenvalue weighted by atomic mass is 16.5. The predicted octanol–water partition coefficient (Wildman–Crippen LogP) is 17.0. The molecule has 0 aliphatic heterocycles. The summed E-state index contributed by atoms with van der Waals surface area (Å²) in [6, 6.07) is -0.734. The Hall–Kier alpha value is -2.70. The molecule has 0 bridgehead atoms. The number of allylic oxidation sites excluding steroid dienone is 11. The van der Waals surface area contributed by atoms with Crippen LogP contribution in [0.1, 0.15) is 265 Å². The largest absolute Gasteiger partial charge is 0.461 e. The van der Waals surface area contributed by atoms with Gasteiger partial charge in [0.15, 0.2) is 0 Å². The number of aliphatic hydroxyl groups is 2. The Morgan fingerprint density at radius 2 is 0.862 bits per heavy atom. The molecular formula is C59H105NO5. The lowest BCUT2D eigenvalue weighted by Gasteiger charge is -2.24. The van der Waals surface area contributed by atoms with Crippen LogP contribution < -0.4 is 5.32 Å². The second-order valence-corrected chi connectivity index (χ2v) is 18.6. The Bertz CT molecular complexity index is 1200. The molecule has 0 saturated heterocycles. The SMILES string of the molecule is CC/C=C\C/C=C\C/C=C\C/C=C\C/C=C\CC(CC(=O)NC(CO)C(O)CCCCCCCCCCCCCC)OC(=O)CCCCCCCCCCC/C=C/CCCCCCCC. The quantitative estimate of drug-likeness (QED) is 0.0321. The fraction of sp³-hybridized carbons (Fsp3) is 0.763. The molecule has 0 heterocycles. The van der Waals surface area contributed by atoms with E-state index < -0.39 is 18.2 Å². The fourth-order valence-electron chi connectivity index (χ4n) is 8.10. The third-order valence-corrected chi connectivity index (χ3v) is 12.3. The summed E-state index contributed by atoms with van der Waals surface area (Å²) in [7, 11) is 0. The molecule has 0 aliphatic rings. The first-order valence-electron chi connectivity index (χ1n) is 27.7. The van der Waals surface area contributed by atoms with E-state index in [0.717, 1.165) is 70.6 Å². The van der Waals surface area contributed by atoms with Crippen LogP contribution in [0.4, 0.5) is 0 Å². The van der Waals surface area contributed by atoms with Crippen LogP contribution in [0.25, 0.3) is 0 Å². The van der Waals surface area contributed by atoms with Gasteiger partial charge in [-0.15, -0.1) is 0 Å². The first-order valence-corrected chi connectivity index (χ1v) is 27.7. The van der Waals surface area contributed by atoms with Crippen molar-refractivity contribution in [2.24, 2.45) is 0 Å². The topological polar surface area (TPSA) is 95.9 Å². The normalized spacial score (nSPS) is 13.7. The van der Waals surface area contributed by atoms with Crippen LogP contribution in [0.3, 0.4) is 0 Å². The zero-order valence-electron chi connectivity index (χ0n) is 42.9. The maximum atomic E-state index is 13.2. The van der Waals surface area contributed by atoms with E-state index in [1.807, 2.05) is 6.08 Å². The van der Waals surface area contributed by atoms with E-state index in [1.165, 1.54) is 148 Å². The lowest BCUT2D eigenvalue weighted by molar-refractivity contribution is -0.150. The monoisotopic (exact) mass is 908 g/mol. The first-order chi connectivity index (χ1) is 32.0. The van der Waals surface area contributed by atoms with Crippen molar-refractivity contribution in [3.63, 3.8) is 0 Å². The first kappa shape index (κ1) is 62.3. The van der Waals surface area contributed by atoms with Crippen molar-refractivity contribution in [3.05, 3.63) is 72.9 Å². The highest BCUT2D eigenvalue weighted by molar-refractivity contribution is 5.77. The van der Waals surface area contributed by atoms with Gasteiger partial charge in [0.2, 0.25) is 5.91 Å². The van der Waals surface area contributed by atoms with Gasteiger partial charge in [-0.1, -0.05) is 248 Å². The van der Waals surface area contributed by atoms with Gasteiger partial charge in [0.05, 0.1) is 25.2 Å². The van der Waals surface area contributed by atoms with E-state index in [1.54, 1.807) is 0 Å². The standard InChI is InChI=1S/C59H105NO5/c1-4-7-10-13-16-19-22-25-27-28-29-30-32-34-37-40-43-46-49-52-59(64)65-55(50-47-44-41-38-35-33-31-26-23-20-17-14-11-8-5-2)53-58(63)60-56(54-61)57(62)51-48-45-42-39-36-24-21-18-15-12-9-6-3/h8,11,17,20,25-27,31,35,38,44,47,55-57,61-62H,4-7,9-10,12-16,18-19,21-24,28-30,32-34,36-37,39-43,45-46,48-54H2,1-3H3,(H,60,63)/b11-8-,20-17-,27-25+,31-26-,38-35-,47-44-. The van der Waals surface area contributed by atoms with E-state index in [0.29, 0.717) is 19.3 Å². The number of hydrogen-bond donors (Lipinski definition) is 3. The highest BCUT2D eigenvalue weighted by Crippen LogP contribution is 2.17. The van der Waals surface area contributed by atoms with E-state index in [2.05, 4.69) is 92.9 Å². The molecular weight excluding hydrogens is 803 g/mol. The van der Waals surface area contributed by atoms with Crippen molar-refractivity contribution in [2.45, 2.75) is 283 Å². The van der Waals surface area contributed by atoms with Crippen LogP contribution in [-0.4, -0.2) is 46.9 Å². The van der Waals surface area contributed by atoms with E-state index in [9.17, 15) is 19.8 Å². The van der Waals surface area contributed by atoms with E-state index >= 15 is 0 Å². The van der Waals surface area contributed by atoms with Gasteiger partial charge in [-0.3, -0.25) is 9.59 Å². The maximum absolute atomic E-state index is 13.2. The van der Waals surface area contributed by atoms with Crippen LogP contribution in [-0.2, 0) is 14.3 Å². The van der Waals surface area contributed by atoms with Crippen LogP contribution >= 0.6 is 0 Å². The van der Waals surface area contributed by atoms with Crippen molar-refractivity contribution >= 4 is 11.9 Å². The number of unbranched alkanes of at least 4 members (excludes halogenated alkanes) is 26. The number of nitrogens with one attached hydrogen (secondary N) is 1. The molecule has 0 aromatic carbocycles. The Kier molecular flexibility index (Phi) is 50.1. The molecule has 0 aliphatic carbocycles. The van der Waals surface area contributed by atoms with Crippen molar-refractivity contribution in [3.8, 4) is 0 Å². The zero-order valence-corrected chi connectivity index (χ0v) is 42.9. The summed E-state index contributed by atoms with van der Waals surface area (Å²) in [5.74, 6) is -0.579.